The fourth-order valence-electron chi connectivity index (χ4n) is 8.65. The first-order chi connectivity index (χ1) is 26.3. The van der Waals surface area contributed by atoms with Crippen LogP contribution in [0.2, 0.25) is 0 Å². The van der Waals surface area contributed by atoms with E-state index in [2.05, 4.69) is 183 Å². The average Bonchev–Trinajstić information content (AvgIpc) is 3.89. The molecule has 0 atom stereocenters. The molecule has 0 saturated carbocycles. The third-order valence-electron chi connectivity index (χ3n) is 11.0. The Hall–Kier alpha value is -7.24. The van der Waals surface area contributed by atoms with E-state index in [1.165, 1.54) is 48.9 Å². The van der Waals surface area contributed by atoms with Crippen LogP contribution < -0.4 is 0 Å². The van der Waals surface area contributed by atoms with E-state index in [4.69, 9.17) is 9.97 Å². The number of rotatable bonds is 3. The molecule has 5 heteroatoms. The molecule has 0 bridgehead atoms. The van der Waals surface area contributed by atoms with Crippen LogP contribution in [0.5, 0.6) is 0 Å². The normalized spacial score (nSPS) is 12.2. The summed E-state index contributed by atoms with van der Waals surface area (Å²) in [4.78, 5) is 10.5. The smallest absolute Gasteiger partial charge is 0.221 e. The van der Waals surface area contributed by atoms with Gasteiger partial charge in [0.15, 0.2) is 0 Å². The van der Waals surface area contributed by atoms with Crippen molar-refractivity contribution in [2.24, 2.45) is 0 Å². The van der Waals surface area contributed by atoms with Gasteiger partial charge < -0.3 is 4.57 Å². The first-order valence-corrected chi connectivity index (χ1v) is 18.0. The van der Waals surface area contributed by atoms with Gasteiger partial charge in [-0.15, -0.1) is 0 Å². The lowest BCUT2D eigenvalue weighted by Gasteiger charge is -2.13. The molecule has 0 fully saturated rings. The van der Waals surface area contributed by atoms with Crippen LogP contribution in [0.3, 0.4) is 0 Å². The van der Waals surface area contributed by atoms with Crippen LogP contribution in [-0.4, -0.2) is 23.5 Å². The Bertz CT molecular complexity index is 3460. The molecule has 0 aliphatic carbocycles. The van der Waals surface area contributed by atoms with Crippen LogP contribution in [0.15, 0.2) is 176 Å². The third-order valence-corrected chi connectivity index (χ3v) is 11.0. The summed E-state index contributed by atoms with van der Waals surface area (Å²) in [5.74, 6) is 0.823. The Morgan fingerprint density at radius 1 is 0.358 bits per heavy atom. The standard InChI is InChI=1S/C48H29N5/c1-2-13-33(14-3-1)51-43-27-24-31(28-39(43)37-26-22-30-12-4-5-15-34(30)46(37)51)32-23-25-36-35-16-7-10-20-42(35)52(45(36)29-32)48-50-40-18-8-6-17-38(40)47-49-41-19-9-11-21-44(41)53(47)48/h1-29H. The Morgan fingerprint density at radius 3 is 1.89 bits per heavy atom. The number of aromatic nitrogens is 5. The van der Waals surface area contributed by atoms with Crippen LogP contribution in [-0.2, 0) is 0 Å². The highest BCUT2D eigenvalue weighted by Crippen LogP contribution is 2.40. The lowest BCUT2D eigenvalue weighted by atomic mass is 10.0. The molecule has 0 unspecified atom stereocenters. The maximum Gasteiger partial charge on any atom is 0.221 e. The number of fused-ring (bicyclic) bond motifs is 13. The minimum Gasteiger partial charge on any atom is -0.309 e. The van der Waals surface area contributed by atoms with E-state index in [0.29, 0.717) is 0 Å². The Labute approximate surface area is 303 Å². The van der Waals surface area contributed by atoms with Crippen molar-refractivity contribution >= 4 is 82.0 Å². The van der Waals surface area contributed by atoms with E-state index in [9.17, 15) is 0 Å². The van der Waals surface area contributed by atoms with Crippen LogP contribution in [0.1, 0.15) is 0 Å². The lowest BCUT2D eigenvalue weighted by molar-refractivity contribution is 0.979. The number of benzene rings is 8. The highest BCUT2D eigenvalue weighted by atomic mass is 15.2. The molecule has 0 aliphatic rings. The zero-order chi connectivity index (χ0) is 34.6. The molecule has 0 saturated heterocycles. The topological polar surface area (TPSA) is 40.0 Å². The van der Waals surface area contributed by atoms with Crippen molar-refractivity contribution < 1.29 is 0 Å². The van der Waals surface area contributed by atoms with Crippen LogP contribution in [0.4, 0.5) is 0 Å². The highest BCUT2D eigenvalue weighted by molar-refractivity contribution is 6.19. The second-order valence-corrected chi connectivity index (χ2v) is 13.9. The van der Waals surface area contributed by atoms with Gasteiger partial charge in [-0.1, -0.05) is 115 Å². The number of nitrogens with zero attached hydrogens (tertiary/aromatic N) is 5. The Kier molecular flexibility index (Phi) is 5.71. The van der Waals surface area contributed by atoms with E-state index in [-0.39, 0.29) is 0 Å². The molecule has 8 aromatic carbocycles. The molecule has 53 heavy (non-hydrogen) atoms. The van der Waals surface area contributed by atoms with Crippen LogP contribution >= 0.6 is 0 Å². The molecule has 0 aliphatic heterocycles. The fraction of sp³-hybridized carbons (Fsp3) is 0. The molecule has 0 N–H and O–H groups in total. The summed E-state index contributed by atoms with van der Waals surface area (Å²) in [6, 6.07) is 63.1. The number of para-hydroxylation sites is 5. The second-order valence-electron chi connectivity index (χ2n) is 13.9. The Morgan fingerprint density at radius 2 is 1.00 bits per heavy atom. The number of hydrogen-bond acceptors (Lipinski definition) is 2. The first-order valence-electron chi connectivity index (χ1n) is 18.0. The minimum absolute atomic E-state index is 0.823. The summed E-state index contributed by atoms with van der Waals surface area (Å²) in [6.07, 6.45) is 0. The predicted molar refractivity (Wildman–Crippen MR) is 220 cm³/mol. The summed E-state index contributed by atoms with van der Waals surface area (Å²) in [7, 11) is 0. The van der Waals surface area contributed by atoms with Crippen molar-refractivity contribution in [3.63, 3.8) is 0 Å². The van der Waals surface area contributed by atoms with Gasteiger partial charge in [-0.3, -0.25) is 8.97 Å². The molecule has 12 rings (SSSR count). The fourth-order valence-corrected chi connectivity index (χ4v) is 8.65. The molecular weight excluding hydrogens is 647 g/mol. The van der Waals surface area contributed by atoms with Gasteiger partial charge in [0.1, 0.15) is 5.65 Å². The van der Waals surface area contributed by atoms with Gasteiger partial charge in [0.25, 0.3) is 0 Å². The quantitative estimate of drug-likeness (QED) is 0.187. The Balaban J connectivity index is 1.15. The first kappa shape index (κ1) is 28.5. The van der Waals surface area contributed by atoms with E-state index in [1.807, 2.05) is 6.07 Å². The van der Waals surface area contributed by atoms with Gasteiger partial charge in [-0.2, -0.15) is 0 Å². The van der Waals surface area contributed by atoms with Gasteiger partial charge in [0.05, 0.1) is 38.6 Å². The van der Waals surface area contributed by atoms with Crippen LogP contribution in [0.25, 0.3) is 105 Å². The molecule has 4 aromatic heterocycles. The van der Waals surface area contributed by atoms with Crippen molar-refractivity contribution in [3.8, 4) is 22.8 Å². The molecule has 0 amide bonds. The molecule has 0 spiro atoms. The van der Waals surface area contributed by atoms with Crippen molar-refractivity contribution in [1.82, 2.24) is 23.5 Å². The zero-order valence-electron chi connectivity index (χ0n) is 28.5. The van der Waals surface area contributed by atoms with Crippen molar-refractivity contribution in [3.05, 3.63) is 176 Å². The minimum atomic E-state index is 0.823. The van der Waals surface area contributed by atoms with Gasteiger partial charge in [-0.05, 0) is 77.2 Å². The number of imidazole rings is 1. The molecule has 12 aromatic rings. The maximum absolute atomic E-state index is 5.39. The van der Waals surface area contributed by atoms with E-state index >= 15 is 0 Å². The SMILES string of the molecule is c1ccc(-n2c3ccc(-c4ccc5c6ccccc6n(-c6nc7ccccc7c7nc8ccccc8n67)c5c4)cc3c3ccc4ccccc4c32)cc1. The predicted octanol–water partition coefficient (Wildman–Crippen LogP) is 12.1. The number of hydrogen-bond donors (Lipinski definition) is 0. The molecule has 4 heterocycles. The summed E-state index contributed by atoms with van der Waals surface area (Å²) in [5, 5.41) is 8.37. The van der Waals surface area contributed by atoms with Gasteiger partial charge in [0.2, 0.25) is 5.95 Å². The maximum atomic E-state index is 5.39. The summed E-state index contributed by atoms with van der Waals surface area (Å²) >= 11 is 0. The highest BCUT2D eigenvalue weighted by Gasteiger charge is 2.21. The molecule has 246 valence electrons. The molecule has 5 nitrogen and oxygen atoms in total. The average molecular weight is 676 g/mol. The van der Waals surface area contributed by atoms with Crippen molar-refractivity contribution in [2.45, 2.75) is 0 Å². The van der Waals surface area contributed by atoms with E-state index < -0.39 is 0 Å². The summed E-state index contributed by atoms with van der Waals surface area (Å²) in [6.45, 7) is 0. The lowest BCUT2D eigenvalue weighted by Crippen LogP contribution is -2.06. The largest absolute Gasteiger partial charge is 0.309 e. The molecule has 0 radical (unpaired) electrons. The van der Waals surface area contributed by atoms with Gasteiger partial charge >= 0.3 is 0 Å². The third kappa shape index (κ3) is 3.96. The molecular formula is C48H29N5. The zero-order valence-corrected chi connectivity index (χ0v) is 28.5. The van der Waals surface area contributed by atoms with Crippen molar-refractivity contribution in [2.75, 3.05) is 0 Å². The van der Waals surface area contributed by atoms with E-state index in [0.717, 1.165) is 55.8 Å². The summed E-state index contributed by atoms with van der Waals surface area (Å²) < 4.78 is 6.97. The second kappa shape index (κ2) is 10.6. The monoisotopic (exact) mass is 675 g/mol. The van der Waals surface area contributed by atoms with E-state index in [1.54, 1.807) is 0 Å². The van der Waals surface area contributed by atoms with Crippen molar-refractivity contribution in [1.29, 1.82) is 0 Å². The summed E-state index contributed by atoms with van der Waals surface area (Å²) in [5.41, 5.74) is 11.9. The van der Waals surface area contributed by atoms with Gasteiger partial charge in [-0.25, -0.2) is 9.97 Å². The van der Waals surface area contributed by atoms with Crippen LogP contribution in [0, 0.1) is 0 Å². The van der Waals surface area contributed by atoms with Gasteiger partial charge in [0, 0.05) is 38.0 Å².